The summed E-state index contributed by atoms with van der Waals surface area (Å²) in [6, 6.07) is 7.42. The molecular formula is C21H24N4O4. The molecule has 0 bridgehead atoms. The smallest absolute Gasteiger partial charge is 0.341 e. The third kappa shape index (κ3) is 4.01. The van der Waals surface area contributed by atoms with Crippen molar-refractivity contribution in [2.45, 2.75) is 51.5 Å². The first-order valence-corrected chi connectivity index (χ1v) is 9.99. The molecule has 2 N–H and O–H groups in total. The summed E-state index contributed by atoms with van der Waals surface area (Å²) in [5.74, 6) is 0.0536. The number of aromatic nitrogens is 4. The van der Waals surface area contributed by atoms with Crippen LogP contribution in [0.15, 0.2) is 29.1 Å². The highest BCUT2D eigenvalue weighted by molar-refractivity contribution is 5.77. The number of H-pyrrole nitrogens is 1. The maximum Gasteiger partial charge on any atom is 0.341 e. The number of rotatable bonds is 7. The Hall–Kier alpha value is -3.16. The molecule has 0 saturated heterocycles. The predicted molar refractivity (Wildman–Crippen MR) is 107 cm³/mol. The lowest BCUT2D eigenvalue weighted by Gasteiger charge is -2.11. The first kappa shape index (κ1) is 19.2. The second-order valence-corrected chi connectivity index (χ2v) is 7.40. The van der Waals surface area contributed by atoms with Gasteiger partial charge in [0.05, 0.1) is 11.7 Å². The van der Waals surface area contributed by atoms with E-state index < -0.39 is 5.97 Å². The van der Waals surface area contributed by atoms with Crippen molar-refractivity contribution in [3.63, 3.8) is 0 Å². The Morgan fingerprint density at radius 3 is 2.66 bits per heavy atom. The first-order valence-electron chi connectivity index (χ1n) is 9.99. The molecule has 0 atom stereocenters. The molecule has 1 aliphatic carbocycles. The fraction of sp³-hybridized carbons (Fsp3) is 0.429. The number of nitrogens with one attached hydrogen (secondary N) is 1. The minimum absolute atomic E-state index is 0.146. The van der Waals surface area contributed by atoms with Gasteiger partial charge in [-0.3, -0.25) is 4.79 Å². The predicted octanol–water partition coefficient (Wildman–Crippen LogP) is 2.85. The fourth-order valence-electron chi connectivity index (χ4n) is 3.94. The van der Waals surface area contributed by atoms with E-state index in [1.165, 1.54) is 12.8 Å². The number of hydrogen-bond acceptors (Lipinski definition) is 5. The number of ether oxygens (including phenoxy) is 1. The Labute approximate surface area is 167 Å². The first-order chi connectivity index (χ1) is 14.0. The Kier molecular flexibility index (Phi) is 5.33. The molecule has 1 saturated carbocycles. The molecule has 1 fully saturated rings. The molecule has 0 spiro atoms. The van der Waals surface area contributed by atoms with E-state index in [0.717, 1.165) is 24.1 Å². The molecule has 0 amide bonds. The van der Waals surface area contributed by atoms with Crippen LogP contribution in [-0.2, 0) is 17.6 Å². The minimum atomic E-state index is -1.02. The highest BCUT2D eigenvalue weighted by Crippen LogP contribution is 2.31. The van der Waals surface area contributed by atoms with Gasteiger partial charge >= 0.3 is 5.97 Å². The molecule has 1 aliphatic rings. The Bertz CT molecular complexity index is 1080. The lowest BCUT2D eigenvalue weighted by molar-refractivity contribution is -0.139. The minimum Gasteiger partial charge on any atom is -0.482 e. The Morgan fingerprint density at radius 1 is 1.28 bits per heavy atom. The number of carboxylic acid groups (broad SMARTS) is 1. The van der Waals surface area contributed by atoms with Crippen molar-refractivity contribution in [3.05, 3.63) is 51.7 Å². The van der Waals surface area contributed by atoms with E-state index >= 15 is 0 Å². The largest absolute Gasteiger partial charge is 0.482 e. The van der Waals surface area contributed by atoms with Crippen LogP contribution in [0.4, 0.5) is 0 Å². The standard InChI is InChI=1S/C21H24N4O4/c1-2-16-19-20(25(24-16)14-5-3-4-6-14)22-17(23-21(19)28)11-13-7-9-15(10-8-13)29-12-18(26)27/h7-10,14H,2-6,11-12H2,1H3,(H,26,27)(H,22,23,28). The Morgan fingerprint density at radius 2 is 2.00 bits per heavy atom. The zero-order chi connectivity index (χ0) is 20.4. The van der Waals surface area contributed by atoms with Crippen molar-refractivity contribution in [3.8, 4) is 5.75 Å². The molecule has 8 nitrogen and oxygen atoms in total. The lowest BCUT2D eigenvalue weighted by atomic mass is 10.1. The van der Waals surface area contributed by atoms with E-state index in [1.807, 2.05) is 23.7 Å². The summed E-state index contributed by atoms with van der Waals surface area (Å²) in [6.45, 7) is 1.62. The van der Waals surface area contributed by atoms with Crippen LogP contribution in [0.1, 0.15) is 55.7 Å². The molecule has 2 aromatic heterocycles. The van der Waals surface area contributed by atoms with E-state index in [2.05, 4.69) is 4.98 Å². The summed E-state index contributed by atoms with van der Waals surface area (Å²) < 4.78 is 7.11. The van der Waals surface area contributed by atoms with Crippen LogP contribution in [0.25, 0.3) is 11.0 Å². The number of hydrogen-bond donors (Lipinski definition) is 2. The molecule has 29 heavy (non-hydrogen) atoms. The van der Waals surface area contributed by atoms with Crippen LogP contribution >= 0.6 is 0 Å². The summed E-state index contributed by atoms with van der Waals surface area (Å²) in [6.07, 6.45) is 5.66. The van der Waals surface area contributed by atoms with Crippen molar-refractivity contribution in [1.29, 1.82) is 0 Å². The van der Waals surface area contributed by atoms with Crippen molar-refractivity contribution >= 4 is 17.0 Å². The van der Waals surface area contributed by atoms with Crippen molar-refractivity contribution in [2.75, 3.05) is 6.61 Å². The summed E-state index contributed by atoms with van der Waals surface area (Å²) in [4.78, 5) is 31.0. The maximum absolute atomic E-state index is 12.8. The number of nitrogens with zero attached hydrogens (tertiary/aromatic N) is 3. The van der Waals surface area contributed by atoms with Gasteiger partial charge in [0.15, 0.2) is 12.3 Å². The van der Waals surface area contributed by atoms with Crippen molar-refractivity contribution in [1.82, 2.24) is 19.7 Å². The number of aliphatic carboxylic acids is 1. The second kappa shape index (κ2) is 8.06. The molecule has 0 aliphatic heterocycles. The molecule has 2 heterocycles. The van der Waals surface area contributed by atoms with Gasteiger partial charge in [0.25, 0.3) is 5.56 Å². The lowest BCUT2D eigenvalue weighted by Crippen LogP contribution is -2.14. The van der Waals surface area contributed by atoms with Gasteiger partial charge in [-0.1, -0.05) is 31.9 Å². The van der Waals surface area contributed by atoms with Crippen LogP contribution in [0.5, 0.6) is 5.75 Å². The number of carbonyl (C=O) groups is 1. The average Bonchev–Trinajstić information content (AvgIpc) is 3.35. The Balaban J connectivity index is 1.63. The SMILES string of the molecule is CCc1nn(C2CCCC2)c2nc(Cc3ccc(OCC(=O)O)cc3)[nH]c(=O)c12. The van der Waals surface area contributed by atoms with E-state index in [1.54, 1.807) is 12.1 Å². The summed E-state index contributed by atoms with van der Waals surface area (Å²) in [7, 11) is 0. The molecule has 3 aromatic rings. The van der Waals surface area contributed by atoms with E-state index in [0.29, 0.717) is 41.5 Å². The zero-order valence-corrected chi connectivity index (χ0v) is 16.4. The van der Waals surface area contributed by atoms with Gasteiger partial charge in [0.2, 0.25) is 0 Å². The molecule has 8 heteroatoms. The third-order valence-corrected chi connectivity index (χ3v) is 5.35. The quantitative estimate of drug-likeness (QED) is 0.635. The highest BCUT2D eigenvalue weighted by Gasteiger charge is 2.24. The second-order valence-electron chi connectivity index (χ2n) is 7.40. The number of fused-ring (bicyclic) bond motifs is 1. The van der Waals surface area contributed by atoms with Crippen molar-refractivity contribution < 1.29 is 14.6 Å². The van der Waals surface area contributed by atoms with Crippen LogP contribution in [-0.4, -0.2) is 37.4 Å². The summed E-state index contributed by atoms with van der Waals surface area (Å²) >= 11 is 0. The number of aromatic amines is 1. The average molecular weight is 396 g/mol. The van der Waals surface area contributed by atoms with Crippen molar-refractivity contribution in [2.24, 2.45) is 0 Å². The van der Waals surface area contributed by atoms with Crippen LogP contribution in [0, 0.1) is 0 Å². The van der Waals surface area contributed by atoms with Gasteiger partial charge in [-0.15, -0.1) is 0 Å². The van der Waals surface area contributed by atoms with Gasteiger partial charge in [-0.05, 0) is 37.0 Å². The molecule has 4 rings (SSSR count). The maximum atomic E-state index is 12.8. The molecule has 152 valence electrons. The normalized spacial score (nSPS) is 14.5. The topological polar surface area (TPSA) is 110 Å². The number of aryl methyl sites for hydroxylation is 1. The fourth-order valence-corrected chi connectivity index (χ4v) is 3.94. The molecule has 1 aromatic carbocycles. The van der Waals surface area contributed by atoms with Gasteiger partial charge in [0.1, 0.15) is 17.0 Å². The molecule has 0 unspecified atom stereocenters. The monoisotopic (exact) mass is 396 g/mol. The van der Waals surface area contributed by atoms with Crippen LogP contribution in [0.2, 0.25) is 0 Å². The van der Waals surface area contributed by atoms with E-state index in [9.17, 15) is 9.59 Å². The number of carboxylic acids is 1. The van der Waals surface area contributed by atoms with E-state index in [-0.39, 0.29) is 12.2 Å². The van der Waals surface area contributed by atoms with Gasteiger partial charge in [-0.25, -0.2) is 14.5 Å². The van der Waals surface area contributed by atoms with Gasteiger partial charge in [0, 0.05) is 6.42 Å². The van der Waals surface area contributed by atoms with Gasteiger partial charge in [-0.2, -0.15) is 5.10 Å². The van der Waals surface area contributed by atoms with Crippen LogP contribution < -0.4 is 10.3 Å². The highest BCUT2D eigenvalue weighted by atomic mass is 16.5. The van der Waals surface area contributed by atoms with Crippen LogP contribution in [0.3, 0.4) is 0 Å². The zero-order valence-electron chi connectivity index (χ0n) is 16.4. The third-order valence-electron chi connectivity index (χ3n) is 5.35. The summed E-state index contributed by atoms with van der Waals surface area (Å²) in [5.41, 5.74) is 2.27. The van der Waals surface area contributed by atoms with E-state index in [4.69, 9.17) is 19.9 Å². The summed E-state index contributed by atoms with van der Waals surface area (Å²) in [5, 5.41) is 14.0. The molecular weight excluding hydrogens is 372 g/mol. The van der Waals surface area contributed by atoms with Gasteiger partial charge < -0.3 is 14.8 Å². The number of benzene rings is 1. The molecule has 0 radical (unpaired) electrons.